The van der Waals surface area contributed by atoms with Gasteiger partial charge in [-0.3, -0.25) is 0 Å². The SMILES string of the molecule is O=C(COC(=O)c1ccccc1O)OCC1=CC=CCC1. The largest absolute Gasteiger partial charge is 0.507 e. The Hall–Kier alpha value is -2.56. The highest BCUT2D eigenvalue weighted by atomic mass is 16.6. The Kier molecular flexibility index (Phi) is 5.15. The number of para-hydroxylation sites is 1. The number of carbonyl (C=O) groups excluding carboxylic acids is 2. The van der Waals surface area contributed by atoms with E-state index < -0.39 is 18.5 Å². The number of aromatic hydroxyl groups is 1. The number of rotatable bonds is 5. The molecule has 0 saturated carbocycles. The monoisotopic (exact) mass is 288 g/mol. The van der Waals surface area contributed by atoms with Gasteiger partial charge in [-0.25, -0.2) is 9.59 Å². The average molecular weight is 288 g/mol. The maximum Gasteiger partial charge on any atom is 0.344 e. The van der Waals surface area contributed by atoms with E-state index in [1.165, 1.54) is 12.1 Å². The summed E-state index contributed by atoms with van der Waals surface area (Å²) >= 11 is 0. The summed E-state index contributed by atoms with van der Waals surface area (Å²) in [5.41, 5.74) is 1.04. The van der Waals surface area contributed by atoms with E-state index in [4.69, 9.17) is 9.47 Å². The normalized spacial score (nSPS) is 13.4. The van der Waals surface area contributed by atoms with E-state index >= 15 is 0 Å². The highest BCUT2D eigenvalue weighted by Gasteiger charge is 2.14. The molecule has 0 heterocycles. The number of phenolic OH excluding ortho intramolecular Hbond substituents is 1. The first-order chi connectivity index (χ1) is 10.2. The van der Waals surface area contributed by atoms with E-state index in [-0.39, 0.29) is 17.9 Å². The molecule has 0 bridgehead atoms. The summed E-state index contributed by atoms with van der Waals surface area (Å²) in [6.07, 6.45) is 7.67. The van der Waals surface area contributed by atoms with Crippen LogP contribution < -0.4 is 0 Å². The number of hydrogen-bond donors (Lipinski definition) is 1. The Morgan fingerprint density at radius 2 is 2.00 bits per heavy atom. The highest BCUT2D eigenvalue weighted by Crippen LogP contribution is 2.16. The zero-order chi connectivity index (χ0) is 15.1. The molecule has 2 rings (SSSR count). The number of ether oxygens (including phenoxy) is 2. The second-order valence-electron chi connectivity index (χ2n) is 4.55. The third-order valence-electron chi connectivity index (χ3n) is 2.96. The molecule has 1 aromatic rings. The van der Waals surface area contributed by atoms with Gasteiger partial charge >= 0.3 is 11.9 Å². The summed E-state index contributed by atoms with van der Waals surface area (Å²) in [7, 11) is 0. The third kappa shape index (κ3) is 4.49. The lowest BCUT2D eigenvalue weighted by Crippen LogP contribution is -2.18. The summed E-state index contributed by atoms with van der Waals surface area (Å²) in [4.78, 5) is 23.2. The summed E-state index contributed by atoms with van der Waals surface area (Å²) in [6.45, 7) is -0.270. The van der Waals surface area contributed by atoms with Gasteiger partial charge in [0, 0.05) is 0 Å². The number of allylic oxidation sites excluding steroid dienone is 3. The van der Waals surface area contributed by atoms with Gasteiger partial charge in [-0.15, -0.1) is 0 Å². The highest BCUT2D eigenvalue weighted by molar-refractivity contribution is 5.93. The Morgan fingerprint density at radius 1 is 1.19 bits per heavy atom. The number of phenols is 1. The van der Waals surface area contributed by atoms with E-state index in [1.807, 2.05) is 18.2 Å². The summed E-state index contributed by atoms with van der Waals surface area (Å²) in [5.74, 6) is -1.56. The maximum atomic E-state index is 11.7. The van der Waals surface area contributed by atoms with Crippen LogP contribution in [0.3, 0.4) is 0 Å². The topological polar surface area (TPSA) is 72.8 Å². The molecule has 0 aliphatic heterocycles. The summed E-state index contributed by atoms with van der Waals surface area (Å²) < 4.78 is 9.82. The van der Waals surface area contributed by atoms with Crippen LogP contribution in [0, 0.1) is 0 Å². The lowest BCUT2D eigenvalue weighted by atomic mass is 10.1. The van der Waals surface area contributed by atoms with E-state index in [2.05, 4.69) is 0 Å². The molecule has 1 N–H and O–H groups in total. The second-order valence-corrected chi connectivity index (χ2v) is 4.55. The molecule has 0 unspecified atom stereocenters. The van der Waals surface area contributed by atoms with Gasteiger partial charge in [-0.2, -0.15) is 0 Å². The molecule has 21 heavy (non-hydrogen) atoms. The van der Waals surface area contributed by atoms with Crippen LogP contribution in [-0.4, -0.2) is 30.3 Å². The predicted octanol–water partition coefficient (Wildman–Crippen LogP) is 2.37. The molecule has 5 nitrogen and oxygen atoms in total. The van der Waals surface area contributed by atoms with Crippen molar-refractivity contribution >= 4 is 11.9 Å². The van der Waals surface area contributed by atoms with Gasteiger partial charge in [-0.05, 0) is 30.5 Å². The third-order valence-corrected chi connectivity index (χ3v) is 2.96. The van der Waals surface area contributed by atoms with Crippen molar-refractivity contribution in [1.29, 1.82) is 0 Å². The second kappa shape index (κ2) is 7.28. The van der Waals surface area contributed by atoms with Gasteiger partial charge in [0.05, 0.1) is 0 Å². The fourth-order valence-electron chi connectivity index (χ4n) is 1.84. The molecule has 1 aliphatic rings. The first-order valence-corrected chi connectivity index (χ1v) is 6.62. The number of hydrogen-bond acceptors (Lipinski definition) is 5. The zero-order valence-corrected chi connectivity index (χ0v) is 11.5. The van der Waals surface area contributed by atoms with Crippen LogP contribution in [0.25, 0.3) is 0 Å². The summed E-state index contributed by atoms with van der Waals surface area (Å²) in [6, 6.07) is 5.98. The van der Waals surface area contributed by atoms with Crippen molar-refractivity contribution in [2.24, 2.45) is 0 Å². The van der Waals surface area contributed by atoms with Gasteiger partial charge in [0.15, 0.2) is 6.61 Å². The van der Waals surface area contributed by atoms with Gasteiger partial charge in [-0.1, -0.05) is 30.4 Å². The van der Waals surface area contributed by atoms with E-state index in [0.717, 1.165) is 18.4 Å². The van der Waals surface area contributed by atoms with Crippen molar-refractivity contribution in [3.05, 3.63) is 53.6 Å². The molecule has 1 aliphatic carbocycles. The quantitative estimate of drug-likeness (QED) is 0.842. The fraction of sp³-hybridized carbons (Fsp3) is 0.250. The Bertz CT molecular complexity index is 586. The fourth-order valence-corrected chi connectivity index (χ4v) is 1.84. The van der Waals surface area contributed by atoms with Crippen molar-refractivity contribution in [1.82, 2.24) is 0 Å². The zero-order valence-electron chi connectivity index (χ0n) is 11.5. The first-order valence-electron chi connectivity index (χ1n) is 6.62. The van der Waals surface area contributed by atoms with E-state index in [0.29, 0.717) is 0 Å². The molecule has 0 spiro atoms. The van der Waals surface area contributed by atoms with Crippen LogP contribution in [0.4, 0.5) is 0 Å². The minimum atomic E-state index is -0.759. The predicted molar refractivity (Wildman–Crippen MR) is 75.8 cm³/mol. The van der Waals surface area contributed by atoms with Crippen molar-refractivity contribution in [2.75, 3.05) is 13.2 Å². The smallest absolute Gasteiger partial charge is 0.344 e. The van der Waals surface area contributed by atoms with E-state index in [1.54, 1.807) is 12.1 Å². The van der Waals surface area contributed by atoms with Crippen molar-refractivity contribution in [3.8, 4) is 5.75 Å². The molecular weight excluding hydrogens is 272 g/mol. The standard InChI is InChI=1S/C16H16O5/c17-14-9-5-4-8-13(14)16(19)21-11-15(18)20-10-12-6-2-1-3-7-12/h1-2,4-6,8-9,17H,3,7,10-11H2. The minimum Gasteiger partial charge on any atom is -0.507 e. The van der Waals surface area contributed by atoms with Crippen LogP contribution in [-0.2, 0) is 14.3 Å². The lowest BCUT2D eigenvalue weighted by molar-refractivity contribution is -0.146. The maximum absolute atomic E-state index is 11.7. The molecule has 0 radical (unpaired) electrons. The summed E-state index contributed by atoms with van der Waals surface area (Å²) in [5, 5.41) is 9.49. The van der Waals surface area contributed by atoms with E-state index in [9.17, 15) is 14.7 Å². The first kappa shape index (κ1) is 14.8. The Balaban J connectivity index is 1.76. The average Bonchev–Trinajstić information content (AvgIpc) is 2.52. The van der Waals surface area contributed by atoms with Crippen LogP contribution in [0.1, 0.15) is 23.2 Å². The van der Waals surface area contributed by atoms with Gasteiger partial charge < -0.3 is 14.6 Å². The van der Waals surface area contributed by atoms with Crippen LogP contribution in [0.2, 0.25) is 0 Å². The Labute approximate surface area is 122 Å². The minimum absolute atomic E-state index is 0.0189. The van der Waals surface area contributed by atoms with Crippen LogP contribution >= 0.6 is 0 Å². The molecule has 110 valence electrons. The molecule has 0 fully saturated rings. The van der Waals surface area contributed by atoms with Gasteiger partial charge in [0.25, 0.3) is 0 Å². The number of esters is 2. The lowest BCUT2D eigenvalue weighted by Gasteiger charge is -2.10. The molecule has 0 atom stereocenters. The molecule has 0 aromatic heterocycles. The van der Waals surface area contributed by atoms with Crippen LogP contribution in [0.15, 0.2) is 48.1 Å². The van der Waals surface area contributed by atoms with Crippen molar-refractivity contribution in [2.45, 2.75) is 12.8 Å². The number of benzene rings is 1. The van der Waals surface area contributed by atoms with Crippen molar-refractivity contribution < 1.29 is 24.2 Å². The number of carbonyl (C=O) groups is 2. The van der Waals surface area contributed by atoms with Crippen LogP contribution in [0.5, 0.6) is 5.75 Å². The van der Waals surface area contributed by atoms with Crippen molar-refractivity contribution in [3.63, 3.8) is 0 Å². The van der Waals surface area contributed by atoms with Gasteiger partial charge in [0.2, 0.25) is 0 Å². The molecule has 5 heteroatoms. The molecule has 0 saturated heterocycles. The molecule has 1 aromatic carbocycles. The Morgan fingerprint density at radius 3 is 2.71 bits per heavy atom. The molecule has 0 amide bonds. The molecular formula is C16H16O5. The van der Waals surface area contributed by atoms with Gasteiger partial charge in [0.1, 0.15) is 17.9 Å².